The van der Waals surface area contributed by atoms with Crippen LogP contribution in [0.25, 0.3) is 11.1 Å². The normalized spacial score (nSPS) is 10.9. The van der Waals surface area contributed by atoms with Gasteiger partial charge in [-0.2, -0.15) is 5.10 Å². The van der Waals surface area contributed by atoms with Gasteiger partial charge in [0.25, 0.3) is 0 Å². The zero-order valence-corrected chi connectivity index (χ0v) is 12.0. The second-order valence-electron chi connectivity index (χ2n) is 4.51. The third-order valence-electron chi connectivity index (χ3n) is 3.22. The summed E-state index contributed by atoms with van der Waals surface area (Å²) in [5.74, 6) is 0. The Morgan fingerprint density at radius 2 is 2.06 bits per heavy atom. The molecule has 2 rings (SSSR count). The summed E-state index contributed by atoms with van der Waals surface area (Å²) >= 11 is 6.30. The number of nitrogens with one attached hydrogen (secondary N) is 1. The fourth-order valence-corrected chi connectivity index (χ4v) is 2.48. The average Bonchev–Trinajstić information content (AvgIpc) is 2.56. The van der Waals surface area contributed by atoms with Crippen molar-refractivity contribution in [3.8, 4) is 11.1 Å². The van der Waals surface area contributed by atoms with Crippen molar-refractivity contribution in [2.75, 3.05) is 7.05 Å². The molecule has 0 atom stereocenters. The summed E-state index contributed by atoms with van der Waals surface area (Å²) in [4.78, 5) is 0. The van der Waals surface area contributed by atoms with Gasteiger partial charge in [0.05, 0.1) is 5.69 Å². The molecular formula is C14H18ClN3. The lowest BCUT2D eigenvalue weighted by molar-refractivity contribution is 0.731. The molecule has 0 saturated carbocycles. The van der Waals surface area contributed by atoms with Crippen molar-refractivity contribution in [2.24, 2.45) is 7.05 Å². The number of benzene rings is 1. The van der Waals surface area contributed by atoms with Crippen LogP contribution in [0.3, 0.4) is 0 Å². The predicted octanol–water partition coefficient (Wildman–Crippen LogP) is 3.08. The van der Waals surface area contributed by atoms with E-state index in [1.807, 2.05) is 31.8 Å². The van der Waals surface area contributed by atoms with Crippen molar-refractivity contribution < 1.29 is 0 Å². The molecule has 1 aromatic carbocycles. The molecule has 0 fully saturated rings. The highest BCUT2D eigenvalue weighted by Crippen LogP contribution is 2.30. The van der Waals surface area contributed by atoms with Crippen LogP contribution < -0.4 is 5.32 Å². The molecule has 0 bridgehead atoms. The van der Waals surface area contributed by atoms with E-state index in [9.17, 15) is 0 Å². The number of halogens is 1. The first-order chi connectivity index (χ1) is 8.54. The maximum absolute atomic E-state index is 6.30. The highest BCUT2D eigenvalue weighted by molar-refractivity contribution is 6.31. The molecule has 96 valence electrons. The topological polar surface area (TPSA) is 29.9 Å². The van der Waals surface area contributed by atoms with Gasteiger partial charge in [-0.25, -0.2) is 0 Å². The Morgan fingerprint density at radius 3 is 2.56 bits per heavy atom. The van der Waals surface area contributed by atoms with E-state index in [4.69, 9.17) is 11.6 Å². The van der Waals surface area contributed by atoms with E-state index in [2.05, 4.69) is 29.5 Å². The summed E-state index contributed by atoms with van der Waals surface area (Å²) in [5.41, 5.74) is 5.61. The van der Waals surface area contributed by atoms with E-state index >= 15 is 0 Å². The zero-order valence-electron chi connectivity index (χ0n) is 11.2. The van der Waals surface area contributed by atoms with Gasteiger partial charge in [-0.1, -0.05) is 23.7 Å². The van der Waals surface area contributed by atoms with Crippen LogP contribution in [-0.2, 0) is 13.6 Å². The molecule has 0 aliphatic carbocycles. The van der Waals surface area contributed by atoms with Crippen molar-refractivity contribution in [3.05, 3.63) is 40.2 Å². The highest BCUT2D eigenvalue weighted by atomic mass is 35.5. The molecule has 1 aromatic heterocycles. The Hall–Kier alpha value is -1.32. The maximum atomic E-state index is 6.30. The molecule has 0 aliphatic rings. The van der Waals surface area contributed by atoms with Gasteiger partial charge in [0.15, 0.2) is 0 Å². The van der Waals surface area contributed by atoms with Crippen LogP contribution in [0.1, 0.15) is 17.0 Å². The Morgan fingerprint density at radius 1 is 1.33 bits per heavy atom. The lowest BCUT2D eigenvalue weighted by Crippen LogP contribution is -2.05. The van der Waals surface area contributed by atoms with Crippen molar-refractivity contribution in [1.82, 2.24) is 15.1 Å². The number of rotatable bonds is 3. The first-order valence-corrected chi connectivity index (χ1v) is 6.36. The molecule has 0 spiro atoms. The molecule has 0 amide bonds. The standard InChI is InChI=1S/C14H18ClN3/c1-9-14(10(2)18(4)17-9)11-5-6-12(8-16-3)13(15)7-11/h5-7,16H,8H2,1-4H3. The van der Waals surface area contributed by atoms with E-state index in [0.29, 0.717) is 0 Å². The molecular weight excluding hydrogens is 246 g/mol. The van der Waals surface area contributed by atoms with E-state index in [0.717, 1.165) is 34.1 Å². The Kier molecular flexibility index (Phi) is 3.73. The van der Waals surface area contributed by atoms with E-state index < -0.39 is 0 Å². The molecule has 3 nitrogen and oxygen atoms in total. The first kappa shape index (κ1) is 13.1. The van der Waals surface area contributed by atoms with Crippen LogP contribution in [0.5, 0.6) is 0 Å². The zero-order chi connectivity index (χ0) is 13.3. The van der Waals surface area contributed by atoms with Crippen molar-refractivity contribution in [2.45, 2.75) is 20.4 Å². The third-order valence-corrected chi connectivity index (χ3v) is 3.57. The number of aromatic nitrogens is 2. The van der Waals surface area contributed by atoms with Gasteiger partial charge in [-0.15, -0.1) is 0 Å². The number of nitrogens with zero attached hydrogens (tertiary/aromatic N) is 2. The molecule has 0 aliphatic heterocycles. The summed E-state index contributed by atoms with van der Waals surface area (Å²) in [6, 6.07) is 6.20. The highest BCUT2D eigenvalue weighted by Gasteiger charge is 2.12. The molecule has 0 unspecified atom stereocenters. The second-order valence-corrected chi connectivity index (χ2v) is 4.91. The van der Waals surface area contributed by atoms with Gasteiger partial charge in [0, 0.05) is 29.9 Å². The van der Waals surface area contributed by atoms with E-state index in [1.54, 1.807) is 0 Å². The van der Waals surface area contributed by atoms with Gasteiger partial charge < -0.3 is 5.32 Å². The molecule has 0 radical (unpaired) electrons. The van der Waals surface area contributed by atoms with Crippen LogP contribution in [-0.4, -0.2) is 16.8 Å². The van der Waals surface area contributed by atoms with Crippen LogP contribution in [0.2, 0.25) is 5.02 Å². The fraction of sp³-hybridized carbons (Fsp3) is 0.357. The van der Waals surface area contributed by atoms with Crippen molar-refractivity contribution in [1.29, 1.82) is 0 Å². The summed E-state index contributed by atoms with van der Waals surface area (Å²) in [5, 5.41) is 8.34. The third kappa shape index (κ3) is 2.28. The summed E-state index contributed by atoms with van der Waals surface area (Å²) < 4.78 is 1.90. The summed E-state index contributed by atoms with van der Waals surface area (Å²) in [7, 11) is 3.88. The largest absolute Gasteiger partial charge is 0.316 e. The number of hydrogen-bond donors (Lipinski definition) is 1. The minimum absolute atomic E-state index is 0.782. The van der Waals surface area contributed by atoms with Crippen LogP contribution >= 0.6 is 11.6 Å². The lowest BCUT2D eigenvalue weighted by Gasteiger charge is -2.07. The quantitative estimate of drug-likeness (QED) is 0.922. The summed E-state index contributed by atoms with van der Waals surface area (Å²) in [6.45, 7) is 4.88. The van der Waals surface area contributed by atoms with Gasteiger partial charge >= 0.3 is 0 Å². The smallest absolute Gasteiger partial charge is 0.0674 e. The van der Waals surface area contributed by atoms with E-state index in [1.165, 1.54) is 5.56 Å². The van der Waals surface area contributed by atoms with Gasteiger partial charge in [-0.3, -0.25) is 4.68 Å². The number of aryl methyl sites for hydroxylation is 2. The SMILES string of the molecule is CNCc1ccc(-c2c(C)nn(C)c2C)cc1Cl. The van der Waals surface area contributed by atoms with Crippen molar-refractivity contribution in [3.63, 3.8) is 0 Å². The summed E-state index contributed by atoms with van der Waals surface area (Å²) in [6.07, 6.45) is 0. The molecule has 1 heterocycles. The minimum Gasteiger partial charge on any atom is -0.316 e. The number of hydrogen-bond acceptors (Lipinski definition) is 2. The maximum Gasteiger partial charge on any atom is 0.0674 e. The lowest BCUT2D eigenvalue weighted by atomic mass is 10.0. The molecule has 0 saturated heterocycles. The van der Waals surface area contributed by atoms with Crippen LogP contribution in [0.4, 0.5) is 0 Å². The van der Waals surface area contributed by atoms with Gasteiger partial charge in [-0.05, 0) is 38.1 Å². The molecule has 18 heavy (non-hydrogen) atoms. The monoisotopic (exact) mass is 263 g/mol. The Labute approximate surface area is 113 Å². The van der Waals surface area contributed by atoms with Gasteiger partial charge in [0.2, 0.25) is 0 Å². The van der Waals surface area contributed by atoms with Crippen LogP contribution in [0.15, 0.2) is 18.2 Å². The fourth-order valence-electron chi connectivity index (χ4n) is 2.23. The molecule has 4 heteroatoms. The second kappa shape index (κ2) is 5.12. The predicted molar refractivity (Wildman–Crippen MR) is 75.9 cm³/mol. The Bertz CT molecular complexity index is 573. The molecule has 2 aromatic rings. The molecule has 1 N–H and O–H groups in total. The average molecular weight is 264 g/mol. The Balaban J connectivity index is 2.49. The van der Waals surface area contributed by atoms with Gasteiger partial charge in [0.1, 0.15) is 0 Å². The van der Waals surface area contributed by atoms with Crippen LogP contribution in [0, 0.1) is 13.8 Å². The minimum atomic E-state index is 0.782. The van der Waals surface area contributed by atoms with Crippen molar-refractivity contribution >= 4 is 11.6 Å². The van der Waals surface area contributed by atoms with E-state index in [-0.39, 0.29) is 0 Å². The first-order valence-electron chi connectivity index (χ1n) is 5.98.